The van der Waals surface area contributed by atoms with Crippen molar-refractivity contribution in [2.75, 3.05) is 6.61 Å². The average Bonchev–Trinajstić information content (AvgIpc) is 2.78. The summed E-state index contributed by atoms with van der Waals surface area (Å²) in [5.41, 5.74) is 6.06. The SMILES string of the molecule is N[C@@H]1C[C@H](CO)C2OC3(CCCCC3)OC21. The largest absolute Gasteiger partial charge is 0.396 e. The van der Waals surface area contributed by atoms with Gasteiger partial charge in [0, 0.05) is 31.4 Å². The van der Waals surface area contributed by atoms with E-state index in [1.165, 1.54) is 19.3 Å². The Hall–Kier alpha value is -0.160. The monoisotopic (exact) mass is 227 g/mol. The lowest BCUT2D eigenvalue weighted by molar-refractivity contribution is -0.204. The molecule has 2 saturated carbocycles. The lowest BCUT2D eigenvalue weighted by atomic mass is 9.94. The average molecular weight is 227 g/mol. The molecule has 2 aliphatic carbocycles. The molecule has 0 amide bonds. The van der Waals surface area contributed by atoms with Crippen LogP contribution < -0.4 is 5.73 Å². The Morgan fingerprint density at radius 3 is 2.50 bits per heavy atom. The first-order chi connectivity index (χ1) is 7.74. The zero-order chi connectivity index (χ0) is 11.2. The molecular formula is C12H21NO3. The van der Waals surface area contributed by atoms with Crippen molar-refractivity contribution < 1.29 is 14.6 Å². The zero-order valence-electron chi connectivity index (χ0n) is 9.60. The highest BCUT2D eigenvalue weighted by Gasteiger charge is 2.55. The van der Waals surface area contributed by atoms with E-state index in [2.05, 4.69) is 0 Å². The standard InChI is InChI=1S/C12H21NO3/c13-9-6-8(7-14)10-11(9)16-12(15-10)4-2-1-3-5-12/h8-11,14H,1-7,13H2/t8-,9-,10?,11?/m1/s1. The number of aliphatic hydroxyl groups is 1. The number of rotatable bonds is 1. The van der Waals surface area contributed by atoms with Gasteiger partial charge in [-0.1, -0.05) is 6.42 Å². The molecule has 0 radical (unpaired) electrons. The Labute approximate surface area is 96.1 Å². The van der Waals surface area contributed by atoms with Crippen LogP contribution in [0.15, 0.2) is 0 Å². The van der Waals surface area contributed by atoms with Gasteiger partial charge in [-0.3, -0.25) is 0 Å². The molecule has 2 unspecified atom stereocenters. The molecule has 16 heavy (non-hydrogen) atoms. The van der Waals surface area contributed by atoms with Gasteiger partial charge in [-0.15, -0.1) is 0 Å². The highest BCUT2D eigenvalue weighted by molar-refractivity contribution is 5.01. The third-order valence-corrected chi connectivity index (χ3v) is 4.34. The van der Waals surface area contributed by atoms with E-state index in [4.69, 9.17) is 15.2 Å². The van der Waals surface area contributed by atoms with Crippen molar-refractivity contribution in [3.05, 3.63) is 0 Å². The maximum Gasteiger partial charge on any atom is 0.169 e. The Morgan fingerprint density at radius 2 is 1.81 bits per heavy atom. The van der Waals surface area contributed by atoms with Crippen molar-refractivity contribution in [3.63, 3.8) is 0 Å². The molecule has 1 aliphatic heterocycles. The van der Waals surface area contributed by atoms with Crippen LogP contribution in [-0.4, -0.2) is 35.8 Å². The van der Waals surface area contributed by atoms with Gasteiger partial charge in [-0.05, 0) is 19.3 Å². The Balaban J connectivity index is 1.76. The molecule has 4 heteroatoms. The lowest BCUT2D eigenvalue weighted by Crippen LogP contribution is -2.38. The van der Waals surface area contributed by atoms with Crippen LogP contribution in [-0.2, 0) is 9.47 Å². The van der Waals surface area contributed by atoms with Crippen molar-refractivity contribution in [1.29, 1.82) is 0 Å². The van der Waals surface area contributed by atoms with Crippen LogP contribution in [0.4, 0.5) is 0 Å². The second-order valence-corrected chi connectivity index (χ2v) is 5.48. The van der Waals surface area contributed by atoms with Crippen LogP contribution in [0.2, 0.25) is 0 Å². The summed E-state index contributed by atoms with van der Waals surface area (Å²) in [5, 5.41) is 9.33. The van der Waals surface area contributed by atoms with Crippen molar-refractivity contribution >= 4 is 0 Å². The van der Waals surface area contributed by atoms with E-state index in [0.29, 0.717) is 0 Å². The molecule has 1 spiro atoms. The molecule has 3 N–H and O–H groups in total. The number of fused-ring (bicyclic) bond motifs is 1. The number of ether oxygens (including phenoxy) is 2. The molecule has 92 valence electrons. The molecule has 1 heterocycles. The predicted molar refractivity (Wildman–Crippen MR) is 58.7 cm³/mol. The van der Waals surface area contributed by atoms with E-state index in [9.17, 15) is 5.11 Å². The highest BCUT2D eigenvalue weighted by atomic mass is 16.8. The molecule has 4 nitrogen and oxygen atoms in total. The van der Waals surface area contributed by atoms with Crippen molar-refractivity contribution in [3.8, 4) is 0 Å². The normalized spacial score (nSPS) is 46.1. The fourth-order valence-corrected chi connectivity index (χ4v) is 3.48. The fourth-order valence-electron chi connectivity index (χ4n) is 3.48. The van der Waals surface area contributed by atoms with Gasteiger partial charge in [0.2, 0.25) is 0 Å². The number of nitrogens with two attached hydrogens (primary N) is 1. The molecule has 4 atom stereocenters. The lowest BCUT2D eigenvalue weighted by Gasteiger charge is -2.33. The minimum absolute atomic E-state index is 0.00949. The molecule has 3 fully saturated rings. The molecule has 0 aromatic rings. The summed E-state index contributed by atoms with van der Waals surface area (Å²) in [6.45, 7) is 0.161. The van der Waals surface area contributed by atoms with E-state index in [0.717, 1.165) is 19.3 Å². The third kappa shape index (κ3) is 1.59. The highest BCUT2D eigenvalue weighted by Crippen LogP contribution is 2.46. The first-order valence-electron chi connectivity index (χ1n) is 6.46. The van der Waals surface area contributed by atoms with Gasteiger partial charge in [0.1, 0.15) is 6.10 Å². The number of hydrogen-bond donors (Lipinski definition) is 2. The summed E-state index contributed by atoms with van der Waals surface area (Å²) < 4.78 is 12.2. The smallest absolute Gasteiger partial charge is 0.169 e. The van der Waals surface area contributed by atoms with Gasteiger partial charge in [0.15, 0.2) is 5.79 Å². The molecule has 0 aromatic carbocycles. The van der Waals surface area contributed by atoms with E-state index in [1.807, 2.05) is 0 Å². The van der Waals surface area contributed by atoms with Crippen LogP contribution in [0, 0.1) is 5.92 Å². The third-order valence-electron chi connectivity index (χ3n) is 4.34. The Kier molecular flexibility index (Phi) is 2.70. The van der Waals surface area contributed by atoms with Crippen LogP contribution in [0.5, 0.6) is 0 Å². The Bertz CT molecular complexity index is 265. The number of aliphatic hydroxyl groups excluding tert-OH is 1. The summed E-state index contributed by atoms with van der Waals surface area (Å²) >= 11 is 0. The van der Waals surface area contributed by atoms with Gasteiger partial charge < -0.3 is 20.3 Å². The van der Waals surface area contributed by atoms with Crippen molar-refractivity contribution in [2.24, 2.45) is 11.7 Å². The summed E-state index contributed by atoms with van der Waals surface area (Å²) in [6, 6.07) is 0.0310. The minimum atomic E-state index is -0.362. The van der Waals surface area contributed by atoms with E-state index in [1.54, 1.807) is 0 Å². The number of hydrogen-bond acceptors (Lipinski definition) is 4. The van der Waals surface area contributed by atoms with Gasteiger partial charge in [-0.25, -0.2) is 0 Å². The summed E-state index contributed by atoms with van der Waals surface area (Å²) in [7, 11) is 0. The van der Waals surface area contributed by atoms with E-state index >= 15 is 0 Å². The topological polar surface area (TPSA) is 64.7 Å². The van der Waals surface area contributed by atoms with Gasteiger partial charge in [0.25, 0.3) is 0 Å². The quantitative estimate of drug-likeness (QED) is 0.694. The second-order valence-electron chi connectivity index (χ2n) is 5.48. The minimum Gasteiger partial charge on any atom is -0.396 e. The molecule has 3 rings (SSSR count). The van der Waals surface area contributed by atoms with Crippen molar-refractivity contribution in [2.45, 2.75) is 62.6 Å². The Morgan fingerprint density at radius 1 is 1.12 bits per heavy atom. The van der Waals surface area contributed by atoms with Crippen molar-refractivity contribution in [1.82, 2.24) is 0 Å². The van der Waals surface area contributed by atoms with E-state index < -0.39 is 0 Å². The molecule has 3 aliphatic rings. The predicted octanol–water partition coefficient (Wildman–Crippen LogP) is 0.770. The summed E-state index contributed by atoms with van der Waals surface area (Å²) in [6.07, 6.45) is 6.47. The first-order valence-corrected chi connectivity index (χ1v) is 6.46. The second kappa shape index (κ2) is 3.95. The molecule has 1 saturated heterocycles. The maximum absolute atomic E-state index is 9.33. The maximum atomic E-state index is 9.33. The summed E-state index contributed by atoms with van der Waals surface area (Å²) in [5.74, 6) is -0.194. The first kappa shape index (κ1) is 11.0. The molecular weight excluding hydrogens is 206 g/mol. The molecule has 0 aromatic heterocycles. The van der Waals surface area contributed by atoms with Crippen LogP contribution >= 0.6 is 0 Å². The van der Waals surface area contributed by atoms with Crippen LogP contribution in [0.1, 0.15) is 38.5 Å². The van der Waals surface area contributed by atoms with Gasteiger partial charge in [-0.2, -0.15) is 0 Å². The fraction of sp³-hybridized carbons (Fsp3) is 1.00. The molecule has 0 bridgehead atoms. The zero-order valence-corrected chi connectivity index (χ0v) is 9.60. The van der Waals surface area contributed by atoms with Crippen LogP contribution in [0.25, 0.3) is 0 Å². The van der Waals surface area contributed by atoms with Gasteiger partial charge >= 0.3 is 0 Å². The van der Waals surface area contributed by atoms with Gasteiger partial charge in [0.05, 0.1) is 6.10 Å². The van der Waals surface area contributed by atoms with E-state index in [-0.39, 0.29) is 36.6 Å². The summed E-state index contributed by atoms with van der Waals surface area (Å²) in [4.78, 5) is 0. The van der Waals surface area contributed by atoms with Crippen LogP contribution in [0.3, 0.4) is 0 Å².